The molecule has 0 saturated heterocycles. The van der Waals surface area contributed by atoms with Crippen LogP contribution in [0.3, 0.4) is 0 Å². The van der Waals surface area contributed by atoms with E-state index in [1.807, 2.05) is 6.92 Å². The molecule has 2 atom stereocenters. The van der Waals surface area contributed by atoms with Crippen LogP contribution in [0.25, 0.3) is 0 Å². The topological polar surface area (TPSA) is 70.6 Å². The molecule has 0 fully saturated rings. The summed E-state index contributed by atoms with van der Waals surface area (Å²) < 4.78 is 40.0. The van der Waals surface area contributed by atoms with E-state index in [1.54, 1.807) is 6.92 Å². The Morgan fingerprint density at radius 1 is 1.26 bits per heavy atom. The summed E-state index contributed by atoms with van der Waals surface area (Å²) in [7, 11) is 0. The third-order valence-corrected chi connectivity index (χ3v) is 3.27. The normalized spacial score (nSPS) is 14.0. The number of halogens is 3. The second-order valence-electron chi connectivity index (χ2n) is 5.07. The molecule has 0 aromatic heterocycles. The van der Waals surface area contributed by atoms with Gasteiger partial charge in [-0.1, -0.05) is 19.1 Å². The van der Waals surface area contributed by atoms with E-state index in [0.29, 0.717) is 18.4 Å². The number of amides is 2. The van der Waals surface area contributed by atoms with E-state index in [4.69, 9.17) is 5.11 Å². The molecule has 2 unspecified atom stereocenters. The molecule has 0 radical (unpaired) electrons. The molecule has 0 aliphatic rings. The van der Waals surface area contributed by atoms with Crippen LogP contribution in [0.15, 0.2) is 24.3 Å². The summed E-state index contributed by atoms with van der Waals surface area (Å²) in [5.41, 5.74) is 0.643. The van der Waals surface area contributed by atoms with Crippen LogP contribution < -0.4 is 15.4 Å². The van der Waals surface area contributed by atoms with Crippen LogP contribution in [0.5, 0.6) is 5.75 Å². The number of ether oxygens (including phenoxy) is 1. The fraction of sp³-hybridized carbons (Fsp3) is 0.533. The Kier molecular flexibility index (Phi) is 7.15. The Hall–Kier alpha value is -1.96. The smallest absolute Gasteiger partial charge is 0.406 e. The van der Waals surface area contributed by atoms with Gasteiger partial charge in [-0.2, -0.15) is 0 Å². The number of urea groups is 1. The molecule has 1 rings (SSSR count). The number of hydrogen-bond donors (Lipinski definition) is 3. The van der Waals surface area contributed by atoms with Gasteiger partial charge in [0, 0.05) is 12.6 Å². The Balaban J connectivity index is 2.57. The third-order valence-electron chi connectivity index (χ3n) is 3.27. The molecule has 0 bridgehead atoms. The van der Waals surface area contributed by atoms with Crippen LogP contribution in [-0.4, -0.2) is 30.1 Å². The minimum atomic E-state index is -4.73. The van der Waals surface area contributed by atoms with Crippen LogP contribution >= 0.6 is 0 Å². The third kappa shape index (κ3) is 7.23. The van der Waals surface area contributed by atoms with Crippen molar-refractivity contribution in [1.29, 1.82) is 0 Å². The van der Waals surface area contributed by atoms with E-state index in [-0.39, 0.29) is 24.4 Å². The molecule has 8 heteroatoms. The van der Waals surface area contributed by atoms with E-state index in [9.17, 15) is 18.0 Å². The SMILES string of the molecule is CCC(CCO)NC(=O)NC(C)c1ccc(OC(F)(F)F)cc1. The van der Waals surface area contributed by atoms with E-state index in [1.165, 1.54) is 24.3 Å². The van der Waals surface area contributed by atoms with Gasteiger partial charge >= 0.3 is 12.4 Å². The van der Waals surface area contributed by atoms with Crippen molar-refractivity contribution in [2.24, 2.45) is 0 Å². The first-order valence-electron chi connectivity index (χ1n) is 7.28. The fourth-order valence-corrected chi connectivity index (χ4v) is 2.00. The number of aliphatic hydroxyl groups excluding tert-OH is 1. The predicted octanol–water partition coefficient (Wildman–Crippen LogP) is 3.11. The standard InChI is InChI=1S/C15H21F3N2O3/c1-3-12(8-9-21)20-14(22)19-10(2)11-4-6-13(7-5-11)23-15(16,17)18/h4-7,10,12,21H,3,8-9H2,1-2H3,(H2,19,20,22). The lowest BCUT2D eigenvalue weighted by Crippen LogP contribution is -2.43. The van der Waals surface area contributed by atoms with Crippen LogP contribution in [0.2, 0.25) is 0 Å². The second-order valence-corrected chi connectivity index (χ2v) is 5.07. The molecule has 0 saturated carbocycles. The van der Waals surface area contributed by atoms with Gasteiger partial charge in [0.25, 0.3) is 0 Å². The number of aliphatic hydroxyl groups is 1. The van der Waals surface area contributed by atoms with Gasteiger partial charge in [0.05, 0.1) is 6.04 Å². The summed E-state index contributed by atoms with van der Waals surface area (Å²) in [6.07, 6.45) is -3.58. The molecule has 1 aromatic carbocycles. The van der Waals surface area contributed by atoms with Crippen molar-refractivity contribution in [2.45, 2.75) is 45.1 Å². The molecule has 0 heterocycles. The van der Waals surface area contributed by atoms with Gasteiger partial charge < -0.3 is 20.5 Å². The highest BCUT2D eigenvalue weighted by atomic mass is 19.4. The van der Waals surface area contributed by atoms with Gasteiger partial charge in [0.1, 0.15) is 5.75 Å². The van der Waals surface area contributed by atoms with Crippen molar-refractivity contribution >= 4 is 6.03 Å². The highest BCUT2D eigenvalue weighted by molar-refractivity contribution is 5.74. The maximum absolute atomic E-state index is 12.1. The highest BCUT2D eigenvalue weighted by Gasteiger charge is 2.31. The zero-order valence-electron chi connectivity index (χ0n) is 13.0. The van der Waals surface area contributed by atoms with Gasteiger partial charge in [-0.05, 0) is 37.5 Å². The van der Waals surface area contributed by atoms with Crippen molar-refractivity contribution in [3.63, 3.8) is 0 Å². The van der Waals surface area contributed by atoms with Crippen LogP contribution in [-0.2, 0) is 0 Å². The van der Waals surface area contributed by atoms with Gasteiger partial charge in [0.15, 0.2) is 0 Å². The molecule has 5 nitrogen and oxygen atoms in total. The van der Waals surface area contributed by atoms with E-state index in [2.05, 4.69) is 15.4 Å². The van der Waals surface area contributed by atoms with Gasteiger partial charge in [-0.15, -0.1) is 13.2 Å². The first-order valence-corrected chi connectivity index (χ1v) is 7.28. The molecule has 0 aliphatic heterocycles. The lowest BCUT2D eigenvalue weighted by Gasteiger charge is -2.20. The summed E-state index contributed by atoms with van der Waals surface area (Å²) in [6.45, 7) is 3.59. The first kappa shape index (κ1) is 19.1. The maximum Gasteiger partial charge on any atom is 0.573 e. The average Bonchev–Trinajstić information content (AvgIpc) is 2.45. The molecular formula is C15H21F3N2O3. The lowest BCUT2D eigenvalue weighted by molar-refractivity contribution is -0.274. The van der Waals surface area contributed by atoms with E-state index in [0.717, 1.165) is 0 Å². The highest BCUT2D eigenvalue weighted by Crippen LogP contribution is 2.24. The number of carbonyl (C=O) groups is 1. The van der Waals surface area contributed by atoms with Crippen molar-refractivity contribution < 1.29 is 27.8 Å². The predicted molar refractivity (Wildman–Crippen MR) is 79.0 cm³/mol. The molecule has 0 aliphatic carbocycles. The molecule has 23 heavy (non-hydrogen) atoms. The number of hydrogen-bond acceptors (Lipinski definition) is 3. The Morgan fingerprint density at radius 3 is 2.35 bits per heavy atom. The summed E-state index contributed by atoms with van der Waals surface area (Å²) >= 11 is 0. The number of benzene rings is 1. The zero-order valence-corrected chi connectivity index (χ0v) is 13.0. The van der Waals surface area contributed by atoms with E-state index < -0.39 is 12.4 Å². The monoisotopic (exact) mass is 334 g/mol. The Bertz CT molecular complexity index is 492. The Labute approximate surface area is 132 Å². The molecular weight excluding hydrogens is 313 g/mol. The van der Waals surface area contributed by atoms with Gasteiger partial charge in [-0.3, -0.25) is 0 Å². The van der Waals surface area contributed by atoms with Crippen molar-refractivity contribution in [3.8, 4) is 5.75 Å². The molecule has 130 valence electrons. The van der Waals surface area contributed by atoms with Crippen molar-refractivity contribution in [2.75, 3.05) is 6.61 Å². The number of rotatable bonds is 7. The molecule has 1 aromatic rings. The lowest BCUT2D eigenvalue weighted by atomic mass is 10.1. The van der Waals surface area contributed by atoms with Crippen molar-refractivity contribution in [1.82, 2.24) is 10.6 Å². The largest absolute Gasteiger partial charge is 0.573 e. The van der Waals surface area contributed by atoms with Crippen molar-refractivity contribution in [3.05, 3.63) is 29.8 Å². The molecule has 3 N–H and O–H groups in total. The quantitative estimate of drug-likeness (QED) is 0.717. The summed E-state index contributed by atoms with van der Waals surface area (Å²) in [4.78, 5) is 11.8. The minimum absolute atomic E-state index is 0.0188. The molecule has 0 spiro atoms. The Morgan fingerprint density at radius 2 is 1.87 bits per heavy atom. The summed E-state index contributed by atoms with van der Waals surface area (Å²) in [5, 5.41) is 14.3. The van der Waals surface area contributed by atoms with Gasteiger partial charge in [-0.25, -0.2) is 4.79 Å². The maximum atomic E-state index is 12.1. The van der Waals surface area contributed by atoms with Crippen LogP contribution in [0, 0.1) is 0 Å². The average molecular weight is 334 g/mol. The molecule has 2 amide bonds. The second kappa shape index (κ2) is 8.61. The van der Waals surface area contributed by atoms with Crippen LogP contribution in [0.4, 0.5) is 18.0 Å². The fourth-order valence-electron chi connectivity index (χ4n) is 2.00. The van der Waals surface area contributed by atoms with E-state index >= 15 is 0 Å². The van der Waals surface area contributed by atoms with Crippen LogP contribution in [0.1, 0.15) is 38.3 Å². The minimum Gasteiger partial charge on any atom is -0.406 e. The zero-order chi connectivity index (χ0) is 17.5. The number of carbonyl (C=O) groups excluding carboxylic acids is 1. The number of nitrogens with one attached hydrogen (secondary N) is 2. The van der Waals surface area contributed by atoms with Gasteiger partial charge in [0.2, 0.25) is 0 Å². The number of alkyl halides is 3. The first-order chi connectivity index (χ1) is 10.7. The summed E-state index contributed by atoms with van der Waals surface area (Å²) in [5.74, 6) is -0.313. The summed E-state index contributed by atoms with van der Waals surface area (Å²) in [6, 6.07) is 4.39.